The van der Waals surface area contributed by atoms with Crippen LogP contribution in [0.15, 0.2) is 0 Å². The van der Waals surface area contributed by atoms with Crippen molar-refractivity contribution in [1.29, 1.82) is 0 Å². The number of rotatable bonds is 6. The van der Waals surface area contributed by atoms with Crippen molar-refractivity contribution in [3.8, 4) is 0 Å². The molecule has 0 aliphatic carbocycles. The monoisotopic (exact) mass is 293 g/mol. The molecule has 2 N–H and O–H groups in total. The molecule has 0 saturated carbocycles. The van der Waals surface area contributed by atoms with Crippen LogP contribution in [0, 0.1) is 5.92 Å². The van der Waals surface area contributed by atoms with Crippen LogP contribution in [-0.4, -0.2) is 56.2 Å². The third kappa shape index (κ3) is 6.02. The van der Waals surface area contributed by atoms with Gasteiger partial charge >= 0.3 is 5.97 Å². The van der Waals surface area contributed by atoms with E-state index in [4.69, 9.17) is 9.84 Å². The number of hydrogen-bond acceptors (Lipinski definition) is 5. The Hall–Kier alpha value is -1.15. The molecule has 1 amide bonds. The lowest BCUT2D eigenvalue weighted by atomic mass is 10.1. The second-order valence-electron chi connectivity index (χ2n) is 4.75. The van der Waals surface area contributed by atoms with Crippen molar-refractivity contribution in [2.75, 3.05) is 24.7 Å². The topological polar surface area (TPSA) is 110 Å². The molecular weight excluding hydrogens is 274 g/mol. The van der Waals surface area contributed by atoms with Gasteiger partial charge in [-0.15, -0.1) is 0 Å². The number of aliphatic carboxylic acids is 1. The van der Waals surface area contributed by atoms with Crippen LogP contribution in [0.1, 0.15) is 19.8 Å². The Morgan fingerprint density at radius 2 is 1.95 bits per heavy atom. The molecule has 7 nitrogen and oxygen atoms in total. The van der Waals surface area contributed by atoms with Crippen molar-refractivity contribution in [2.45, 2.75) is 25.8 Å². The van der Waals surface area contributed by atoms with E-state index in [9.17, 15) is 18.0 Å². The van der Waals surface area contributed by atoms with Gasteiger partial charge < -0.3 is 15.2 Å². The van der Waals surface area contributed by atoms with Crippen molar-refractivity contribution in [1.82, 2.24) is 5.32 Å². The van der Waals surface area contributed by atoms with E-state index in [2.05, 4.69) is 5.32 Å². The summed E-state index contributed by atoms with van der Waals surface area (Å²) < 4.78 is 28.4. The highest BCUT2D eigenvalue weighted by atomic mass is 32.2. The molecular formula is C11H19NO6S. The van der Waals surface area contributed by atoms with Crippen molar-refractivity contribution in [2.24, 2.45) is 5.92 Å². The van der Waals surface area contributed by atoms with Crippen LogP contribution in [-0.2, 0) is 24.2 Å². The molecule has 0 spiro atoms. The number of carboxylic acids is 1. The van der Waals surface area contributed by atoms with E-state index in [0.717, 1.165) is 0 Å². The molecule has 0 aromatic carbocycles. The lowest BCUT2D eigenvalue weighted by molar-refractivity contribution is -0.140. The molecule has 0 radical (unpaired) electrons. The Balaban J connectivity index is 2.43. The minimum atomic E-state index is -3.70. The molecule has 1 atom stereocenters. The molecule has 0 aromatic heterocycles. The van der Waals surface area contributed by atoms with Crippen molar-refractivity contribution < 1.29 is 27.9 Å². The quantitative estimate of drug-likeness (QED) is 0.678. The number of nitrogens with one attached hydrogen (secondary N) is 1. The molecule has 1 aliphatic heterocycles. The molecule has 1 unspecified atom stereocenters. The van der Waals surface area contributed by atoms with Gasteiger partial charge in [0.15, 0.2) is 9.84 Å². The first-order valence-corrected chi connectivity index (χ1v) is 7.92. The van der Waals surface area contributed by atoms with Crippen LogP contribution in [0.5, 0.6) is 0 Å². The summed E-state index contributed by atoms with van der Waals surface area (Å²) in [4.78, 5) is 22.2. The van der Waals surface area contributed by atoms with Gasteiger partial charge in [0.25, 0.3) is 0 Å². The summed E-state index contributed by atoms with van der Waals surface area (Å²) in [5.74, 6) is -3.97. The summed E-state index contributed by atoms with van der Waals surface area (Å²) in [7, 11) is -3.70. The zero-order valence-electron chi connectivity index (χ0n) is 10.8. The minimum absolute atomic E-state index is 0.0617. The molecule has 110 valence electrons. The average molecular weight is 293 g/mol. The van der Waals surface area contributed by atoms with Crippen LogP contribution >= 0.6 is 0 Å². The maximum Gasteiger partial charge on any atom is 0.307 e. The number of sulfone groups is 1. The fourth-order valence-corrected chi connectivity index (χ4v) is 3.33. The summed E-state index contributed by atoms with van der Waals surface area (Å²) >= 11 is 0. The fourth-order valence-electron chi connectivity index (χ4n) is 1.82. The first kappa shape index (κ1) is 15.9. The van der Waals surface area contributed by atoms with Gasteiger partial charge in [0.2, 0.25) is 5.91 Å². The van der Waals surface area contributed by atoms with E-state index >= 15 is 0 Å². The number of amides is 1. The molecule has 1 heterocycles. The van der Waals surface area contributed by atoms with Gasteiger partial charge in [0, 0.05) is 19.3 Å². The van der Waals surface area contributed by atoms with Gasteiger partial charge in [-0.05, 0) is 12.8 Å². The summed E-state index contributed by atoms with van der Waals surface area (Å²) in [5, 5.41) is 11.3. The molecule has 0 bridgehead atoms. The number of carbonyl (C=O) groups excluding carboxylic acids is 1. The average Bonchev–Trinajstić information content (AvgIpc) is 2.28. The first-order chi connectivity index (χ1) is 8.80. The Kier molecular flexibility index (Phi) is 5.74. The number of carboxylic acid groups (broad SMARTS) is 1. The molecule has 8 heteroatoms. The highest BCUT2D eigenvalue weighted by Gasteiger charge is 2.25. The molecule has 1 saturated heterocycles. The van der Waals surface area contributed by atoms with E-state index in [-0.39, 0.29) is 6.04 Å². The zero-order valence-corrected chi connectivity index (χ0v) is 11.6. The standard InChI is InChI=1S/C11H19NO6S/c1-8(11(14)15)6-19(16,17)7-10(13)12-9-2-4-18-5-3-9/h8-9H,2-7H2,1H3,(H,12,13)(H,14,15). The third-order valence-corrected chi connectivity index (χ3v) is 4.57. The number of carbonyl (C=O) groups is 2. The first-order valence-electron chi connectivity index (χ1n) is 6.10. The highest BCUT2D eigenvalue weighted by Crippen LogP contribution is 2.07. The lowest BCUT2D eigenvalue weighted by Gasteiger charge is -2.23. The van der Waals surface area contributed by atoms with Crippen LogP contribution in [0.2, 0.25) is 0 Å². The van der Waals surface area contributed by atoms with Crippen molar-refractivity contribution in [3.63, 3.8) is 0 Å². The number of hydrogen-bond donors (Lipinski definition) is 2. The normalized spacial score (nSPS) is 18.8. The smallest absolute Gasteiger partial charge is 0.307 e. The fraction of sp³-hybridized carbons (Fsp3) is 0.818. The van der Waals surface area contributed by atoms with Gasteiger partial charge in [0.1, 0.15) is 5.75 Å². The molecule has 1 rings (SSSR count). The predicted octanol–water partition coefficient (Wildman–Crippen LogP) is -0.583. The molecule has 19 heavy (non-hydrogen) atoms. The highest BCUT2D eigenvalue weighted by molar-refractivity contribution is 7.92. The minimum Gasteiger partial charge on any atom is -0.481 e. The van der Waals surface area contributed by atoms with E-state index in [1.54, 1.807) is 0 Å². The SMILES string of the molecule is CC(CS(=O)(=O)CC(=O)NC1CCOCC1)C(=O)O. The van der Waals surface area contributed by atoms with Gasteiger partial charge in [-0.1, -0.05) is 6.92 Å². The summed E-state index contributed by atoms with van der Waals surface area (Å²) in [6.45, 7) is 2.40. The molecule has 1 fully saturated rings. The van der Waals surface area contributed by atoms with Crippen LogP contribution in [0.3, 0.4) is 0 Å². The third-order valence-electron chi connectivity index (χ3n) is 2.86. The second-order valence-corrected chi connectivity index (χ2v) is 6.86. The maximum atomic E-state index is 11.6. The van der Waals surface area contributed by atoms with Gasteiger partial charge in [-0.2, -0.15) is 0 Å². The Bertz CT molecular complexity index is 426. The molecule has 0 aromatic rings. The van der Waals surface area contributed by atoms with E-state index in [0.29, 0.717) is 26.1 Å². The summed E-state index contributed by atoms with van der Waals surface area (Å²) in [5.41, 5.74) is 0. The van der Waals surface area contributed by atoms with E-state index in [1.807, 2.05) is 0 Å². The Labute approximate surface area is 112 Å². The Morgan fingerprint density at radius 1 is 1.37 bits per heavy atom. The van der Waals surface area contributed by atoms with Gasteiger partial charge in [-0.25, -0.2) is 8.42 Å². The second kappa shape index (κ2) is 6.85. The van der Waals surface area contributed by atoms with Crippen LogP contribution in [0.4, 0.5) is 0 Å². The van der Waals surface area contributed by atoms with Crippen molar-refractivity contribution >= 4 is 21.7 Å². The summed E-state index contributed by atoms with van der Waals surface area (Å²) in [6, 6.07) is -0.0617. The zero-order chi connectivity index (χ0) is 14.5. The summed E-state index contributed by atoms with van der Waals surface area (Å²) in [6.07, 6.45) is 1.33. The largest absolute Gasteiger partial charge is 0.481 e. The van der Waals surface area contributed by atoms with E-state index < -0.39 is 39.1 Å². The van der Waals surface area contributed by atoms with Gasteiger partial charge in [-0.3, -0.25) is 9.59 Å². The lowest BCUT2D eigenvalue weighted by Crippen LogP contribution is -2.42. The molecule has 1 aliphatic rings. The number of ether oxygens (including phenoxy) is 1. The van der Waals surface area contributed by atoms with E-state index in [1.165, 1.54) is 6.92 Å². The van der Waals surface area contributed by atoms with Crippen LogP contribution in [0.25, 0.3) is 0 Å². The van der Waals surface area contributed by atoms with Crippen molar-refractivity contribution in [3.05, 3.63) is 0 Å². The predicted molar refractivity (Wildman–Crippen MR) is 67.4 cm³/mol. The van der Waals surface area contributed by atoms with Gasteiger partial charge in [0.05, 0.1) is 11.7 Å². The Morgan fingerprint density at radius 3 is 2.47 bits per heavy atom. The van der Waals surface area contributed by atoms with Crippen LogP contribution < -0.4 is 5.32 Å². The maximum absolute atomic E-state index is 11.6.